The van der Waals surface area contributed by atoms with Crippen molar-refractivity contribution in [1.82, 2.24) is 5.32 Å². The molecule has 0 saturated carbocycles. The summed E-state index contributed by atoms with van der Waals surface area (Å²) in [4.78, 5) is 11.7. The molecule has 0 aromatic rings. The molecule has 0 saturated heterocycles. The average molecular weight is 188 g/mol. The van der Waals surface area contributed by atoms with Crippen LogP contribution < -0.4 is 11.1 Å². The molecule has 0 aliphatic carbocycles. The first-order chi connectivity index (χ1) is 5.49. The first kappa shape index (κ1) is 11.4. The van der Waals surface area contributed by atoms with Crippen LogP contribution in [0.2, 0.25) is 0 Å². The van der Waals surface area contributed by atoms with E-state index in [0.29, 0.717) is 13.0 Å². The van der Waals surface area contributed by atoms with Gasteiger partial charge in [0.25, 0.3) is 0 Å². The van der Waals surface area contributed by atoms with Crippen LogP contribution in [0.4, 0.5) is 0 Å². The van der Waals surface area contributed by atoms with Gasteiger partial charge in [0.1, 0.15) is 0 Å². The van der Waals surface area contributed by atoms with Crippen molar-refractivity contribution in [3.8, 4) is 0 Å². The van der Waals surface area contributed by atoms with Crippen LogP contribution in [0.1, 0.15) is 27.2 Å². The molecule has 0 rings (SSSR count). The molecule has 1 amide bonds. The van der Waals surface area contributed by atoms with Crippen LogP contribution in [-0.4, -0.2) is 17.4 Å². The maximum Gasteiger partial charge on any atom is 0.232 e. The Labute approximate surface area is 78.7 Å². The number of hydrogen-bond acceptors (Lipinski definition) is 2. The molecule has 1 unspecified atom stereocenters. The summed E-state index contributed by atoms with van der Waals surface area (Å²) < 4.78 is 0. The second kappa shape index (κ2) is 4.40. The smallest absolute Gasteiger partial charge is 0.232 e. The van der Waals surface area contributed by atoms with E-state index >= 15 is 0 Å². The Balaban J connectivity index is 4.52. The molecule has 0 aliphatic rings. The van der Waals surface area contributed by atoms with Gasteiger partial charge in [0.2, 0.25) is 5.91 Å². The lowest BCUT2D eigenvalue weighted by Crippen LogP contribution is -2.46. The molecule has 1 atom stereocenters. The van der Waals surface area contributed by atoms with E-state index in [1.807, 2.05) is 13.8 Å². The van der Waals surface area contributed by atoms with Crippen molar-refractivity contribution in [1.29, 1.82) is 0 Å². The SMILES string of the molecule is CCNC(=O)C(C)(CC)C(N)=S. The van der Waals surface area contributed by atoms with Crippen molar-refractivity contribution in [3.63, 3.8) is 0 Å². The van der Waals surface area contributed by atoms with Crippen LogP contribution >= 0.6 is 12.2 Å². The van der Waals surface area contributed by atoms with Crippen molar-refractivity contribution < 1.29 is 4.79 Å². The molecule has 0 aromatic heterocycles. The quantitative estimate of drug-likeness (QED) is 0.642. The first-order valence-electron chi connectivity index (χ1n) is 4.07. The molecule has 70 valence electrons. The molecule has 12 heavy (non-hydrogen) atoms. The van der Waals surface area contributed by atoms with E-state index in [1.165, 1.54) is 0 Å². The second-order valence-electron chi connectivity index (χ2n) is 2.91. The second-order valence-corrected chi connectivity index (χ2v) is 3.35. The van der Waals surface area contributed by atoms with Crippen molar-refractivity contribution in [3.05, 3.63) is 0 Å². The molecule has 3 nitrogen and oxygen atoms in total. The van der Waals surface area contributed by atoms with Gasteiger partial charge in [-0.05, 0) is 20.3 Å². The Morgan fingerprint density at radius 2 is 2.08 bits per heavy atom. The maximum absolute atomic E-state index is 11.5. The minimum atomic E-state index is -0.689. The highest BCUT2D eigenvalue weighted by atomic mass is 32.1. The zero-order valence-corrected chi connectivity index (χ0v) is 8.62. The number of hydrogen-bond donors (Lipinski definition) is 2. The third-order valence-electron chi connectivity index (χ3n) is 2.09. The average Bonchev–Trinajstić information content (AvgIpc) is 2.03. The topological polar surface area (TPSA) is 55.1 Å². The minimum Gasteiger partial charge on any atom is -0.392 e. The summed E-state index contributed by atoms with van der Waals surface area (Å²) in [5.41, 5.74) is 4.79. The third kappa shape index (κ3) is 2.17. The van der Waals surface area contributed by atoms with Crippen molar-refractivity contribution >= 4 is 23.1 Å². The number of carbonyl (C=O) groups is 1. The van der Waals surface area contributed by atoms with E-state index in [2.05, 4.69) is 5.32 Å². The highest BCUT2D eigenvalue weighted by Crippen LogP contribution is 2.21. The summed E-state index contributed by atoms with van der Waals surface area (Å²) in [7, 11) is 0. The highest BCUT2D eigenvalue weighted by molar-refractivity contribution is 7.80. The van der Waals surface area contributed by atoms with Crippen molar-refractivity contribution in [2.75, 3.05) is 6.54 Å². The van der Waals surface area contributed by atoms with E-state index in [-0.39, 0.29) is 10.9 Å². The molecule has 0 aliphatic heterocycles. The van der Waals surface area contributed by atoms with Crippen LogP contribution in [-0.2, 0) is 4.79 Å². The summed E-state index contributed by atoms with van der Waals surface area (Å²) in [6, 6.07) is 0. The van der Waals surface area contributed by atoms with Crippen molar-refractivity contribution in [2.24, 2.45) is 11.1 Å². The van der Waals surface area contributed by atoms with E-state index < -0.39 is 5.41 Å². The molecule has 0 spiro atoms. The number of rotatable bonds is 4. The lowest BCUT2D eigenvalue weighted by atomic mass is 9.86. The zero-order chi connectivity index (χ0) is 9.78. The third-order valence-corrected chi connectivity index (χ3v) is 2.54. The predicted molar refractivity (Wildman–Crippen MR) is 53.9 cm³/mol. The zero-order valence-electron chi connectivity index (χ0n) is 7.81. The number of carbonyl (C=O) groups excluding carboxylic acids is 1. The summed E-state index contributed by atoms with van der Waals surface area (Å²) >= 11 is 4.84. The molecule has 0 bridgehead atoms. The maximum atomic E-state index is 11.5. The normalized spacial score (nSPS) is 14.9. The molecule has 4 heteroatoms. The van der Waals surface area contributed by atoms with E-state index in [1.54, 1.807) is 6.92 Å². The minimum absolute atomic E-state index is 0.0833. The van der Waals surface area contributed by atoms with Crippen LogP contribution in [0.5, 0.6) is 0 Å². The monoisotopic (exact) mass is 188 g/mol. The summed E-state index contributed by atoms with van der Waals surface area (Å²) in [5, 5.41) is 2.71. The predicted octanol–water partition coefficient (Wildman–Crippen LogP) is 0.825. The largest absolute Gasteiger partial charge is 0.392 e. The van der Waals surface area contributed by atoms with Gasteiger partial charge >= 0.3 is 0 Å². The van der Waals surface area contributed by atoms with Gasteiger partial charge in [-0.15, -0.1) is 0 Å². The number of thiocarbonyl (C=S) groups is 1. The molecule has 0 aromatic carbocycles. The number of nitrogens with two attached hydrogens (primary N) is 1. The van der Waals surface area contributed by atoms with Gasteiger partial charge in [-0.3, -0.25) is 4.79 Å². The number of amides is 1. The van der Waals surface area contributed by atoms with Gasteiger partial charge in [-0.25, -0.2) is 0 Å². The summed E-state index contributed by atoms with van der Waals surface area (Å²) in [6.07, 6.45) is 0.633. The van der Waals surface area contributed by atoms with Gasteiger partial charge in [-0.1, -0.05) is 19.1 Å². The number of nitrogens with one attached hydrogen (secondary N) is 1. The first-order valence-corrected chi connectivity index (χ1v) is 4.48. The lowest BCUT2D eigenvalue weighted by molar-refractivity contribution is -0.126. The van der Waals surface area contributed by atoms with E-state index in [0.717, 1.165) is 0 Å². The van der Waals surface area contributed by atoms with Gasteiger partial charge < -0.3 is 11.1 Å². The van der Waals surface area contributed by atoms with Gasteiger partial charge in [0.15, 0.2) is 0 Å². The van der Waals surface area contributed by atoms with E-state index in [4.69, 9.17) is 18.0 Å². The Bertz CT molecular complexity index is 193. The molecule has 0 heterocycles. The summed E-state index contributed by atoms with van der Waals surface area (Å²) in [5.74, 6) is -0.0833. The van der Waals surface area contributed by atoms with Gasteiger partial charge in [0, 0.05) is 6.54 Å². The molecular weight excluding hydrogens is 172 g/mol. The molecule has 0 fully saturated rings. The Morgan fingerprint density at radius 1 is 1.58 bits per heavy atom. The van der Waals surface area contributed by atoms with Gasteiger partial charge in [0.05, 0.1) is 10.4 Å². The van der Waals surface area contributed by atoms with E-state index in [9.17, 15) is 4.79 Å². The Morgan fingerprint density at radius 3 is 2.33 bits per heavy atom. The lowest BCUT2D eigenvalue weighted by Gasteiger charge is -2.24. The molecular formula is C8H16N2OS. The molecule has 3 N–H and O–H groups in total. The van der Waals surface area contributed by atoms with Crippen LogP contribution in [0.3, 0.4) is 0 Å². The Kier molecular flexibility index (Phi) is 4.17. The fourth-order valence-corrected chi connectivity index (χ4v) is 1.04. The van der Waals surface area contributed by atoms with Crippen molar-refractivity contribution in [2.45, 2.75) is 27.2 Å². The highest BCUT2D eigenvalue weighted by Gasteiger charge is 2.33. The van der Waals surface area contributed by atoms with Crippen LogP contribution in [0, 0.1) is 5.41 Å². The summed E-state index contributed by atoms with van der Waals surface area (Å²) in [6.45, 7) is 6.14. The fourth-order valence-electron chi connectivity index (χ4n) is 0.802. The Hall–Kier alpha value is -0.640. The van der Waals surface area contributed by atoms with Crippen LogP contribution in [0.15, 0.2) is 0 Å². The van der Waals surface area contributed by atoms with Crippen LogP contribution in [0.25, 0.3) is 0 Å². The fraction of sp³-hybridized carbons (Fsp3) is 0.750. The standard InChI is InChI=1S/C8H16N2OS/c1-4-8(3,6(9)12)7(11)10-5-2/h4-5H2,1-3H3,(H2,9,12)(H,10,11). The van der Waals surface area contributed by atoms with Gasteiger partial charge in [-0.2, -0.15) is 0 Å². The molecule has 0 radical (unpaired) electrons.